The van der Waals surface area contributed by atoms with E-state index in [1.54, 1.807) is 42.5 Å². The van der Waals surface area contributed by atoms with Crippen LogP contribution in [0.15, 0.2) is 59.5 Å². The van der Waals surface area contributed by atoms with E-state index in [0.717, 1.165) is 4.90 Å². The average molecular weight is 394 g/mol. The summed E-state index contributed by atoms with van der Waals surface area (Å²) in [6.45, 7) is -0.196. The Labute approximate surface area is 155 Å². The third kappa shape index (κ3) is 3.32. The van der Waals surface area contributed by atoms with Crippen LogP contribution in [0.3, 0.4) is 0 Å². The lowest BCUT2D eigenvalue weighted by atomic mass is 10.1. The van der Waals surface area contributed by atoms with Gasteiger partial charge in [0.05, 0.1) is 15.2 Å². The van der Waals surface area contributed by atoms with E-state index in [1.165, 1.54) is 12.1 Å². The molecule has 26 heavy (non-hydrogen) atoms. The van der Waals surface area contributed by atoms with Gasteiger partial charge in [0.15, 0.2) is 9.84 Å². The van der Waals surface area contributed by atoms with Crippen molar-refractivity contribution >= 4 is 33.3 Å². The van der Waals surface area contributed by atoms with Crippen molar-refractivity contribution in [1.82, 2.24) is 4.90 Å². The van der Waals surface area contributed by atoms with Gasteiger partial charge in [0.1, 0.15) is 6.04 Å². The third-order valence-electron chi connectivity index (χ3n) is 4.41. The van der Waals surface area contributed by atoms with Crippen molar-refractivity contribution in [3.63, 3.8) is 0 Å². The predicted molar refractivity (Wildman–Crippen MR) is 95.9 cm³/mol. The molecule has 0 bridgehead atoms. The monoisotopic (exact) mass is 393 g/mol. The number of hydrogen-bond donors (Lipinski definition) is 1. The van der Waals surface area contributed by atoms with Crippen LogP contribution in [-0.4, -0.2) is 48.1 Å². The summed E-state index contributed by atoms with van der Waals surface area (Å²) >= 11 is 6.00. The third-order valence-corrected chi connectivity index (χ3v) is 7.04. The zero-order valence-corrected chi connectivity index (χ0v) is 15.2. The van der Waals surface area contributed by atoms with Gasteiger partial charge in [-0.2, -0.15) is 0 Å². The molecule has 1 aliphatic rings. The van der Waals surface area contributed by atoms with Gasteiger partial charge in [-0.05, 0) is 30.7 Å². The van der Waals surface area contributed by atoms with E-state index in [9.17, 15) is 23.1 Å². The van der Waals surface area contributed by atoms with Crippen LogP contribution < -0.4 is 0 Å². The first-order chi connectivity index (χ1) is 12.3. The Balaban J connectivity index is 1.94. The second-order valence-corrected chi connectivity index (χ2v) is 8.61. The van der Waals surface area contributed by atoms with Crippen LogP contribution in [-0.2, 0) is 14.6 Å². The number of amides is 1. The van der Waals surface area contributed by atoms with Crippen LogP contribution in [0.5, 0.6) is 0 Å². The number of aliphatic carboxylic acids is 1. The molecule has 6 nitrogen and oxygen atoms in total. The Hall–Kier alpha value is -2.38. The minimum atomic E-state index is -3.87. The van der Waals surface area contributed by atoms with Crippen molar-refractivity contribution in [2.45, 2.75) is 22.6 Å². The maximum absolute atomic E-state index is 12.9. The fourth-order valence-corrected chi connectivity index (χ4v) is 5.30. The molecule has 1 saturated heterocycles. The largest absolute Gasteiger partial charge is 0.480 e. The fraction of sp³-hybridized carbons (Fsp3) is 0.222. The van der Waals surface area contributed by atoms with E-state index >= 15 is 0 Å². The van der Waals surface area contributed by atoms with E-state index in [1.807, 2.05) is 0 Å². The van der Waals surface area contributed by atoms with Crippen LogP contribution >= 0.6 is 11.6 Å². The smallest absolute Gasteiger partial charge is 0.326 e. The molecule has 2 atom stereocenters. The molecule has 136 valence electrons. The first kappa shape index (κ1) is 18.4. The highest BCUT2D eigenvalue weighted by Crippen LogP contribution is 2.32. The SMILES string of the molecule is O=C(O)C1CC(S(=O)(=O)c2ccccc2Cl)CN1C(=O)c1ccccc1. The van der Waals surface area contributed by atoms with Crippen molar-refractivity contribution in [1.29, 1.82) is 0 Å². The summed E-state index contributed by atoms with van der Waals surface area (Å²) in [6, 6.07) is 13.0. The van der Waals surface area contributed by atoms with E-state index in [-0.39, 0.29) is 22.9 Å². The van der Waals surface area contributed by atoms with Gasteiger partial charge in [-0.1, -0.05) is 41.9 Å². The lowest BCUT2D eigenvalue weighted by Gasteiger charge is -2.21. The summed E-state index contributed by atoms with van der Waals surface area (Å²) in [7, 11) is -3.87. The minimum absolute atomic E-state index is 0.0511. The van der Waals surface area contributed by atoms with Crippen LogP contribution in [0, 0.1) is 0 Å². The minimum Gasteiger partial charge on any atom is -0.480 e. The summed E-state index contributed by atoms with van der Waals surface area (Å²) in [5.41, 5.74) is 0.314. The maximum Gasteiger partial charge on any atom is 0.326 e. The maximum atomic E-state index is 12.9. The lowest BCUT2D eigenvalue weighted by Crippen LogP contribution is -2.40. The van der Waals surface area contributed by atoms with E-state index in [4.69, 9.17) is 11.6 Å². The van der Waals surface area contributed by atoms with E-state index in [2.05, 4.69) is 0 Å². The van der Waals surface area contributed by atoms with Crippen LogP contribution in [0.1, 0.15) is 16.8 Å². The number of sulfone groups is 1. The van der Waals surface area contributed by atoms with Crippen molar-refractivity contribution < 1.29 is 23.1 Å². The zero-order valence-electron chi connectivity index (χ0n) is 13.6. The first-order valence-corrected chi connectivity index (χ1v) is 9.82. The first-order valence-electron chi connectivity index (χ1n) is 7.89. The predicted octanol–water partition coefficient (Wildman–Crippen LogP) is 2.48. The Kier molecular flexibility index (Phi) is 5.02. The van der Waals surface area contributed by atoms with Crippen molar-refractivity contribution in [2.75, 3.05) is 6.54 Å². The van der Waals surface area contributed by atoms with Gasteiger partial charge in [0, 0.05) is 12.1 Å². The highest BCUT2D eigenvalue weighted by molar-refractivity contribution is 7.92. The molecule has 1 aliphatic heterocycles. The summed E-state index contributed by atoms with van der Waals surface area (Å²) in [5, 5.41) is 8.52. The molecule has 2 aromatic carbocycles. The van der Waals surface area contributed by atoms with Crippen LogP contribution in [0.2, 0.25) is 5.02 Å². The molecule has 1 heterocycles. The number of hydrogen-bond acceptors (Lipinski definition) is 4. The molecule has 2 aromatic rings. The molecule has 2 unspecified atom stereocenters. The van der Waals surface area contributed by atoms with Crippen molar-refractivity contribution in [3.05, 3.63) is 65.2 Å². The van der Waals surface area contributed by atoms with Crippen molar-refractivity contribution in [2.24, 2.45) is 0 Å². The molecular weight excluding hydrogens is 378 g/mol. The average Bonchev–Trinajstić information content (AvgIpc) is 3.08. The Bertz CT molecular complexity index is 945. The van der Waals surface area contributed by atoms with Gasteiger partial charge >= 0.3 is 5.97 Å². The summed E-state index contributed by atoms with van der Waals surface area (Å²) in [4.78, 5) is 25.3. The molecule has 3 rings (SSSR count). The van der Waals surface area contributed by atoms with Crippen LogP contribution in [0.25, 0.3) is 0 Å². The van der Waals surface area contributed by atoms with Crippen LogP contribution in [0.4, 0.5) is 0 Å². The topological polar surface area (TPSA) is 91.8 Å². The number of benzene rings is 2. The molecule has 0 aromatic heterocycles. The summed E-state index contributed by atoms with van der Waals surface area (Å²) in [5.74, 6) is -1.74. The molecular formula is C18H16ClNO5S. The molecule has 0 aliphatic carbocycles. The molecule has 8 heteroatoms. The molecule has 1 fully saturated rings. The molecule has 1 N–H and O–H groups in total. The van der Waals surface area contributed by atoms with Gasteiger partial charge in [-0.15, -0.1) is 0 Å². The molecule has 1 amide bonds. The standard InChI is InChI=1S/C18H16ClNO5S/c19-14-8-4-5-9-16(14)26(24,25)13-10-15(18(22)23)20(11-13)17(21)12-6-2-1-3-7-12/h1-9,13,15H,10-11H2,(H,22,23). The zero-order chi connectivity index (χ0) is 18.9. The highest BCUT2D eigenvalue weighted by atomic mass is 35.5. The van der Waals surface area contributed by atoms with Gasteiger partial charge < -0.3 is 10.0 Å². The number of likely N-dealkylation sites (tertiary alicyclic amines) is 1. The fourth-order valence-electron chi connectivity index (χ4n) is 3.08. The Morgan fingerprint density at radius 1 is 1.04 bits per heavy atom. The Morgan fingerprint density at radius 2 is 1.65 bits per heavy atom. The van der Waals surface area contributed by atoms with Gasteiger partial charge in [-0.3, -0.25) is 4.79 Å². The van der Waals surface area contributed by atoms with E-state index < -0.39 is 33.0 Å². The quantitative estimate of drug-likeness (QED) is 0.861. The van der Waals surface area contributed by atoms with Gasteiger partial charge in [0.2, 0.25) is 0 Å². The normalized spacial score (nSPS) is 20.1. The number of rotatable bonds is 4. The number of nitrogens with zero attached hydrogens (tertiary/aromatic N) is 1. The molecule has 0 spiro atoms. The number of carbonyl (C=O) groups is 2. The Morgan fingerprint density at radius 3 is 2.27 bits per heavy atom. The lowest BCUT2D eigenvalue weighted by molar-refractivity contribution is -0.141. The number of carboxylic acid groups (broad SMARTS) is 1. The number of halogens is 1. The number of carbonyl (C=O) groups excluding carboxylic acids is 1. The summed E-state index contributed by atoms with van der Waals surface area (Å²) in [6.07, 6.45) is -0.179. The molecule has 0 saturated carbocycles. The van der Waals surface area contributed by atoms with Gasteiger partial charge in [0.25, 0.3) is 5.91 Å². The summed E-state index contributed by atoms with van der Waals surface area (Å²) < 4.78 is 25.8. The van der Waals surface area contributed by atoms with Crippen molar-refractivity contribution in [3.8, 4) is 0 Å². The molecule has 0 radical (unpaired) electrons. The highest BCUT2D eigenvalue weighted by Gasteiger charge is 2.46. The van der Waals surface area contributed by atoms with Gasteiger partial charge in [-0.25, -0.2) is 13.2 Å². The number of carboxylic acids is 1. The second-order valence-electron chi connectivity index (χ2n) is 6.01. The van der Waals surface area contributed by atoms with E-state index in [0.29, 0.717) is 5.56 Å². The second kappa shape index (κ2) is 7.09.